The van der Waals surface area contributed by atoms with E-state index in [0.29, 0.717) is 21.3 Å². The Kier molecular flexibility index (Phi) is 8.40. The Morgan fingerprint density at radius 1 is 1.11 bits per heavy atom. The van der Waals surface area contributed by atoms with E-state index < -0.39 is 12.0 Å². The molecular formula is C26H27N5O3S2. The van der Waals surface area contributed by atoms with Crippen molar-refractivity contribution in [2.45, 2.75) is 31.5 Å². The summed E-state index contributed by atoms with van der Waals surface area (Å²) < 4.78 is 6.90. The Balaban J connectivity index is 1.52. The van der Waals surface area contributed by atoms with Gasteiger partial charge in [-0.05, 0) is 31.4 Å². The van der Waals surface area contributed by atoms with Crippen LogP contribution in [-0.2, 0) is 16.0 Å². The lowest BCUT2D eigenvalue weighted by Gasteiger charge is -2.16. The number of rotatable bonds is 10. The Hall–Kier alpha value is -3.63. The van der Waals surface area contributed by atoms with Gasteiger partial charge in [-0.3, -0.25) is 9.36 Å². The molecule has 10 heteroatoms. The van der Waals surface area contributed by atoms with Gasteiger partial charge in [0.1, 0.15) is 16.6 Å². The summed E-state index contributed by atoms with van der Waals surface area (Å²) in [5.74, 6) is 0.0936. The average molecular weight is 522 g/mol. The quantitative estimate of drug-likeness (QED) is 0.215. The van der Waals surface area contributed by atoms with Crippen molar-refractivity contribution >= 4 is 45.9 Å². The molecule has 2 aromatic carbocycles. The molecule has 0 bridgehead atoms. The zero-order valence-corrected chi connectivity index (χ0v) is 21.6. The highest BCUT2D eigenvalue weighted by Crippen LogP contribution is 2.37. The Labute approximate surface area is 217 Å². The molecule has 4 aromatic rings. The molecular weight excluding hydrogens is 494 g/mol. The molecule has 0 fully saturated rings. The van der Waals surface area contributed by atoms with Crippen LogP contribution in [-0.4, -0.2) is 39.0 Å². The minimum absolute atomic E-state index is 0.154. The first-order chi connectivity index (χ1) is 17.5. The lowest BCUT2D eigenvalue weighted by Crippen LogP contribution is -2.25. The molecule has 0 radical (unpaired) electrons. The van der Waals surface area contributed by atoms with Crippen LogP contribution in [0.1, 0.15) is 35.8 Å². The minimum Gasteiger partial charge on any atom is -0.462 e. The van der Waals surface area contributed by atoms with Crippen molar-refractivity contribution in [1.29, 1.82) is 0 Å². The molecule has 1 unspecified atom stereocenters. The van der Waals surface area contributed by atoms with Crippen LogP contribution in [0.5, 0.6) is 0 Å². The van der Waals surface area contributed by atoms with E-state index in [4.69, 9.17) is 10.5 Å². The smallest absolute Gasteiger partial charge is 0.341 e. The number of nitrogens with one attached hydrogen (secondary N) is 1. The number of aromatic nitrogens is 3. The molecule has 1 atom stereocenters. The van der Waals surface area contributed by atoms with Crippen LogP contribution in [0.4, 0.5) is 10.9 Å². The molecule has 0 spiro atoms. The maximum absolute atomic E-state index is 13.3. The molecule has 0 saturated heterocycles. The van der Waals surface area contributed by atoms with E-state index in [1.165, 1.54) is 28.7 Å². The predicted octanol–water partition coefficient (Wildman–Crippen LogP) is 5.30. The van der Waals surface area contributed by atoms with Gasteiger partial charge in [-0.2, -0.15) is 0 Å². The summed E-state index contributed by atoms with van der Waals surface area (Å²) in [4.78, 5) is 26.1. The number of benzene rings is 2. The molecule has 36 heavy (non-hydrogen) atoms. The van der Waals surface area contributed by atoms with Crippen molar-refractivity contribution in [2.24, 2.45) is 0 Å². The first-order valence-corrected chi connectivity index (χ1v) is 13.4. The van der Waals surface area contributed by atoms with Gasteiger partial charge in [0.25, 0.3) is 0 Å². The van der Waals surface area contributed by atoms with E-state index in [9.17, 15) is 9.59 Å². The molecule has 186 valence electrons. The summed E-state index contributed by atoms with van der Waals surface area (Å²) in [6.07, 6.45) is 0.846. The second-order valence-electron chi connectivity index (χ2n) is 7.90. The third kappa shape index (κ3) is 5.77. The topological polar surface area (TPSA) is 112 Å². The number of nitrogens with two attached hydrogens (primary N) is 1. The van der Waals surface area contributed by atoms with Crippen LogP contribution in [0, 0.1) is 0 Å². The summed E-state index contributed by atoms with van der Waals surface area (Å²) in [7, 11) is 0. The number of amides is 1. The van der Waals surface area contributed by atoms with Crippen molar-refractivity contribution in [3.63, 3.8) is 0 Å². The number of thioether (sulfide) groups is 1. The molecule has 8 nitrogen and oxygen atoms in total. The van der Waals surface area contributed by atoms with Gasteiger partial charge in [-0.1, -0.05) is 72.4 Å². The van der Waals surface area contributed by atoms with Gasteiger partial charge in [0.05, 0.1) is 6.61 Å². The molecule has 0 aliphatic rings. The minimum atomic E-state index is -0.698. The van der Waals surface area contributed by atoms with Gasteiger partial charge >= 0.3 is 5.97 Å². The van der Waals surface area contributed by atoms with Gasteiger partial charge < -0.3 is 15.8 Å². The average Bonchev–Trinajstić information content (AvgIpc) is 3.48. The van der Waals surface area contributed by atoms with Crippen LogP contribution in [0.2, 0.25) is 0 Å². The molecule has 0 aliphatic carbocycles. The highest BCUT2D eigenvalue weighted by molar-refractivity contribution is 7.99. The number of thiophene rings is 1. The third-order valence-electron chi connectivity index (χ3n) is 5.51. The number of nitrogen functional groups attached to an aromatic ring is 1. The Bertz CT molecular complexity index is 1320. The van der Waals surface area contributed by atoms with Crippen molar-refractivity contribution < 1.29 is 14.3 Å². The lowest BCUT2D eigenvalue weighted by molar-refractivity contribution is -0.118. The highest BCUT2D eigenvalue weighted by atomic mass is 32.2. The van der Waals surface area contributed by atoms with E-state index in [0.717, 1.165) is 17.7 Å². The van der Waals surface area contributed by atoms with E-state index >= 15 is 0 Å². The summed E-state index contributed by atoms with van der Waals surface area (Å²) in [6, 6.07) is 19.0. The third-order valence-corrected chi connectivity index (χ3v) is 7.35. The molecule has 3 N–H and O–H groups in total. The van der Waals surface area contributed by atoms with Crippen LogP contribution >= 0.6 is 23.1 Å². The Morgan fingerprint density at radius 2 is 1.81 bits per heavy atom. The van der Waals surface area contributed by atoms with E-state index in [2.05, 4.69) is 27.6 Å². The molecule has 2 heterocycles. The van der Waals surface area contributed by atoms with Crippen molar-refractivity contribution in [3.8, 4) is 11.1 Å². The normalized spacial score (nSPS) is 11.7. The van der Waals surface area contributed by atoms with Crippen molar-refractivity contribution in [2.75, 3.05) is 23.4 Å². The summed E-state index contributed by atoms with van der Waals surface area (Å²) >= 11 is 2.77. The second-order valence-corrected chi connectivity index (χ2v) is 9.84. The number of hydrogen-bond acceptors (Lipinski definition) is 8. The fourth-order valence-electron chi connectivity index (χ4n) is 3.68. The standard InChI is InChI=1S/C26H27N5O3S2/c1-3-34-24(33)21-20(19-12-8-5-9-13-19)16-36-23(21)28-22(32)17(2)31-25(27)29-30-26(31)35-15-14-18-10-6-4-7-11-18/h4-13,16-17H,3,14-15H2,1-2H3,(H2,27,29)(H,28,32). The predicted molar refractivity (Wildman–Crippen MR) is 144 cm³/mol. The fourth-order valence-corrected chi connectivity index (χ4v) is 5.65. The van der Waals surface area contributed by atoms with Gasteiger partial charge in [0.2, 0.25) is 11.9 Å². The zero-order valence-electron chi connectivity index (χ0n) is 20.0. The van der Waals surface area contributed by atoms with Gasteiger partial charge in [0.15, 0.2) is 5.16 Å². The SMILES string of the molecule is CCOC(=O)c1c(-c2ccccc2)csc1NC(=O)C(C)n1c(N)nnc1SCCc1ccccc1. The number of carbonyl (C=O) groups is 2. The molecule has 0 saturated carbocycles. The zero-order chi connectivity index (χ0) is 25.5. The number of nitrogens with zero attached hydrogens (tertiary/aromatic N) is 3. The number of esters is 1. The van der Waals surface area contributed by atoms with Crippen molar-refractivity contribution in [1.82, 2.24) is 14.8 Å². The number of carbonyl (C=O) groups excluding carboxylic acids is 2. The van der Waals surface area contributed by atoms with Crippen LogP contribution in [0.3, 0.4) is 0 Å². The highest BCUT2D eigenvalue weighted by Gasteiger charge is 2.27. The van der Waals surface area contributed by atoms with Gasteiger partial charge in [-0.15, -0.1) is 21.5 Å². The molecule has 1 amide bonds. The Morgan fingerprint density at radius 3 is 2.50 bits per heavy atom. The van der Waals surface area contributed by atoms with Gasteiger partial charge in [0, 0.05) is 16.7 Å². The van der Waals surface area contributed by atoms with Crippen LogP contribution in [0.25, 0.3) is 11.1 Å². The van der Waals surface area contributed by atoms with Crippen molar-refractivity contribution in [3.05, 3.63) is 77.2 Å². The lowest BCUT2D eigenvalue weighted by atomic mass is 10.0. The number of anilines is 2. The van der Waals surface area contributed by atoms with E-state index in [1.807, 2.05) is 53.9 Å². The first-order valence-electron chi connectivity index (χ1n) is 11.5. The first kappa shape index (κ1) is 25.5. The number of aryl methyl sites for hydroxylation is 1. The maximum atomic E-state index is 13.3. The second kappa shape index (κ2) is 11.9. The van der Waals surface area contributed by atoms with Crippen LogP contribution in [0.15, 0.2) is 71.2 Å². The number of ether oxygens (including phenoxy) is 1. The molecule has 4 rings (SSSR count). The van der Waals surface area contributed by atoms with Gasteiger partial charge in [-0.25, -0.2) is 4.79 Å². The maximum Gasteiger partial charge on any atom is 0.341 e. The summed E-state index contributed by atoms with van der Waals surface area (Å²) in [5, 5.41) is 13.9. The van der Waals surface area contributed by atoms with Crippen LogP contribution < -0.4 is 11.1 Å². The number of hydrogen-bond donors (Lipinski definition) is 2. The largest absolute Gasteiger partial charge is 0.462 e. The molecule has 2 aromatic heterocycles. The molecule has 0 aliphatic heterocycles. The summed E-state index contributed by atoms with van der Waals surface area (Å²) in [6.45, 7) is 3.71. The van der Waals surface area contributed by atoms with E-state index in [-0.39, 0.29) is 18.5 Å². The fraction of sp³-hybridized carbons (Fsp3) is 0.231. The van der Waals surface area contributed by atoms with E-state index in [1.54, 1.807) is 18.4 Å². The monoisotopic (exact) mass is 521 g/mol. The summed E-state index contributed by atoms with van der Waals surface area (Å²) in [5.41, 5.74) is 9.21.